The minimum atomic E-state index is -0.727. The standard InChI is InChI=1S/C9H17NO3/c1-2-6(11)5-10-8-4-3-7(8)9(12)13/h6-8,10-11H,2-5H2,1H3,(H,12,13). The summed E-state index contributed by atoms with van der Waals surface area (Å²) in [6.45, 7) is 2.41. The SMILES string of the molecule is CCC(O)CNC1CCC1C(=O)O. The summed E-state index contributed by atoms with van der Waals surface area (Å²) in [6, 6.07) is 0.0682. The third-order valence-electron chi connectivity index (χ3n) is 2.68. The summed E-state index contributed by atoms with van der Waals surface area (Å²) in [5, 5.41) is 21.0. The van der Waals surface area contributed by atoms with Crippen LogP contribution in [0.1, 0.15) is 26.2 Å². The Morgan fingerprint density at radius 2 is 2.31 bits per heavy atom. The first kappa shape index (κ1) is 10.5. The van der Waals surface area contributed by atoms with Gasteiger partial charge in [0.25, 0.3) is 0 Å². The molecule has 0 radical (unpaired) electrons. The molecule has 4 heteroatoms. The van der Waals surface area contributed by atoms with Crippen LogP contribution >= 0.6 is 0 Å². The van der Waals surface area contributed by atoms with Crippen LogP contribution in [0.15, 0.2) is 0 Å². The normalized spacial score (nSPS) is 29.4. The van der Waals surface area contributed by atoms with Crippen LogP contribution in [0.2, 0.25) is 0 Å². The van der Waals surface area contributed by atoms with Crippen molar-refractivity contribution in [3.05, 3.63) is 0 Å². The van der Waals surface area contributed by atoms with E-state index in [0.29, 0.717) is 13.0 Å². The molecule has 0 aromatic heterocycles. The average molecular weight is 187 g/mol. The summed E-state index contributed by atoms with van der Waals surface area (Å²) in [7, 11) is 0. The molecule has 3 unspecified atom stereocenters. The predicted molar refractivity (Wildman–Crippen MR) is 48.4 cm³/mol. The topological polar surface area (TPSA) is 69.6 Å². The molecule has 0 aliphatic heterocycles. The molecule has 0 saturated heterocycles. The van der Waals surface area contributed by atoms with Gasteiger partial charge in [0, 0.05) is 12.6 Å². The lowest BCUT2D eigenvalue weighted by atomic mass is 9.79. The Morgan fingerprint density at radius 3 is 2.69 bits per heavy atom. The van der Waals surface area contributed by atoms with Crippen LogP contribution in [-0.4, -0.2) is 34.9 Å². The molecule has 0 spiro atoms. The number of rotatable bonds is 5. The van der Waals surface area contributed by atoms with E-state index in [9.17, 15) is 9.90 Å². The minimum absolute atomic E-state index is 0.0682. The van der Waals surface area contributed by atoms with Gasteiger partial charge in [0.1, 0.15) is 0 Å². The van der Waals surface area contributed by atoms with Crippen LogP contribution < -0.4 is 5.32 Å². The van der Waals surface area contributed by atoms with Crippen molar-refractivity contribution in [1.29, 1.82) is 0 Å². The number of aliphatic carboxylic acids is 1. The van der Waals surface area contributed by atoms with Crippen LogP contribution in [-0.2, 0) is 4.79 Å². The highest BCUT2D eigenvalue weighted by Gasteiger charge is 2.36. The van der Waals surface area contributed by atoms with Crippen LogP contribution in [0.3, 0.4) is 0 Å². The second-order valence-corrected chi connectivity index (χ2v) is 3.60. The monoisotopic (exact) mass is 187 g/mol. The molecule has 0 bridgehead atoms. The molecule has 0 heterocycles. The van der Waals surface area contributed by atoms with E-state index in [1.165, 1.54) is 0 Å². The van der Waals surface area contributed by atoms with Crippen molar-refractivity contribution >= 4 is 5.97 Å². The number of hydrogen-bond acceptors (Lipinski definition) is 3. The Balaban J connectivity index is 2.19. The number of carboxylic acid groups (broad SMARTS) is 1. The van der Waals surface area contributed by atoms with Crippen molar-refractivity contribution in [2.75, 3.05) is 6.54 Å². The van der Waals surface area contributed by atoms with Crippen molar-refractivity contribution in [1.82, 2.24) is 5.32 Å². The molecule has 3 N–H and O–H groups in total. The second-order valence-electron chi connectivity index (χ2n) is 3.60. The number of carboxylic acids is 1. The lowest BCUT2D eigenvalue weighted by Gasteiger charge is -2.34. The maximum atomic E-state index is 10.6. The lowest BCUT2D eigenvalue weighted by Crippen LogP contribution is -2.49. The number of aliphatic hydroxyl groups is 1. The fourth-order valence-electron chi connectivity index (χ4n) is 1.47. The molecule has 1 saturated carbocycles. The molecule has 1 rings (SSSR count). The number of carbonyl (C=O) groups is 1. The van der Waals surface area contributed by atoms with Gasteiger partial charge in [-0.1, -0.05) is 6.92 Å². The summed E-state index contributed by atoms with van der Waals surface area (Å²) >= 11 is 0. The van der Waals surface area contributed by atoms with Gasteiger partial charge in [-0.2, -0.15) is 0 Å². The largest absolute Gasteiger partial charge is 0.481 e. The highest BCUT2D eigenvalue weighted by molar-refractivity contribution is 5.72. The molecule has 3 atom stereocenters. The summed E-state index contributed by atoms with van der Waals surface area (Å²) in [5.74, 6) is -0.973. The maximum Gasteiger partial charge on any atom is 0.308 e. The van der Waals surface area contributed by atoms with Gasteiger partial charge in [-0.25, -0.2) is 0 Å². The number of aliphatic hydroxyl groups excluding tert-OH is 1. The van der Waals surface area contributed by atoms with E-state index >= 15 is 0 Å². The Morgan fingerprint density at radius 1 is 1.62 bits per heavy atom. The molecular weight excluding hydrogens is 170 g/mol. The van der Waals surface area contributed by atoms with Gasteiger partial charge in [-0.3, -0.25) is 4.79 Å². The molecule has 0 aromatic rings. The fraction of sp³-hybridized carbons (Fsp3) is 0.889. The zero-order chi connectivity index (χ0) is 9.84. The molecule has 1 aliphatic carbocycles. The molecular formula is C9H17NO3. The van der Waals surface area contributed by atoms with Crippen molar-refractivity contribution < 1.29 is 15.0 Å². The first-order valence-electron chi connectivity index (χ1n) is 4.79. The zero-order valence-electron chi connectivity index (χ0n) is 7.86. The van der Waals surface area contributed by atoms with E-state index in [2.05, 4.69) is 5.32 Å². The predicted octanol–water partition coefficient (Wildman–Crippen LogP) is 0.210. The van der Waals surface area contributed by atoms with Crippen LogP contribution in [0.4, 0.5) is 0 Å². The summed E-state index contributed by atoms with van der Waals surface area (Å²) < 4.78 is 0. The molecule has 0 amide bonds. The van der Waals surface area contributed by atoms with E-state index in [-0.39, 0.29) is 18.1 Å². The van der Waals surface area contributed by atoms with E-state index in [0.717, 1.165) is 12.8 Å². The summed E-state index contributed by atoms with van der Waals surface area (Å²) in [6.07, 6.45) is 2.02. The second kappa shape index (κ2) is 4.58. The van der Waals surface area contributed by atoms with Crippen molar-refractivity contribution in [2.45, 2.75) is 38.3 Å². The average Bonchev–Trinajstić information content (AvgIpc) is 2.01. The summed E-state index contributed by atoms with van der Waals surface area (Å²) in [4.78, 5) is 10.6. The first-order valence-corrected chi connectivity index (χ1v) is 4.79. The maximum absolute atomic E-state index is 10.6. The molecule has 4 nitrogen and oxygen atoms in total. The van der Waals surface area contributed by atoms with Gasteiger partial charge >= 0.3 is 5.97 Å². The van der Waals surface area contributed by atoms with Gasteiger partial charge in [-0.15, -0.1) is 0 Å². The van der Waals surface area contributed by atoms with Gasteiger partial charge in [-0.05, 0) is 19.3 Å². The van der Waals surface area contributed by atoms with Crippen molar-refractivity contribution in [3.8, 4) is 0 Å². The Bertz CT molecular complexity index is 184. The molecule has 13 heavy (non-hydrogen) atoms. The number of nitrogens with one attached hydrogen (secondary N) is 1. The first-order chi connectivity index (χ1) is 6.15. The lowest BCUT2D eigenvalue weighted by molar-refractivity contribution is -0.146. The number of hydrogen-bond donors (Lipinski definition) is 3. The Kier molecular flexibility index (Phi) is 3.69. The zero-order valence-corrected chi connectivity index (χ0v) is 7.86. The van der Waals surface area contributed by atoms with Crippen molar-refractivity contribution in [3.63, 3.8) is 0 Å². The summed E-state index contributed by atoms with van der Waals surface area (Å²) in [5.41, 5.74) is 0. The third-order valence-corrected chi connectivity index (χ3v) is 2.68. The van der Waals surface area contributed by atoms with E-state index in [4.69, 9.17) is 5.11 Å². The van der Waals surface area contributed by atoms with Crippen molar-refractivity contribution in [2.24, 2.45) is 5.92 Å². The highest BCUT2D eigenvalue weighted by Crippen LogP contribution is 2.27. The fourth-order valence-corrected chi connectivity index (χ4v) is 1.47. The smallest absolute Gasteiger partial charge is 0.308 e. The highest BCUT2D eigenvalue weighted by atomic mass is 16.4. The molecule has 1 aliphatic rings. The quantitative estimate of drug-likeness (QED) is 0.575. The van der Waals surface area contributed by atoms with Gasteiger partial charge in [0.05, 0.1) is 12.0 Å². The van der Waals surface area contributed by atoms with E-state index in [1.54, 1.807) is 0 Å². The molecule has 76 valence electrons. The molecule has 0 aromatic carbocycles. The van der Waals surface area contributed by atoms with Gasteiger partial charge in [0.2, 0.25) is 0 Å². The van der Waals surface area contributed by atoms with E-state index in [1.807, 2.05) is 6.92 Å². The third kappa shape index (κ3) is 2.67. The minimum Gasteiger partial charge on any atom is -0.481 e. The Labute approximate surface area is 78.0 Å². The van der Waals surface area contributed by atoms with Crippen LogP contribution in [0.5, 0.6) is 0 Å². The van der Waals surface area contributed by atoms with E-state index < -0.39 is 5.97 Å². The van der Waals surface area contributed by atoms with Gasteiger partial charge < -0.3 is 15.5 Å². The van der Waals surface area contributed by atoms with Gasteiger partial charge in [0.15, 0.2) is 0 Å². The van der Waals surface area contributed by atoms with Crippen LogP contribution in [0.25, 0.3) is 0 Å². The molecule has 1 fully saturated rings. The van der Waals surface area contributed by atoms with Crippen LogP contribution in [0, 0.1) is 5.92 Å². The Hall–Kier alpha value is -0.610.